The molecule has 0 amide bonds. The Labute approximate surface area is 80.1 Å². The van der Waals surface area contributed by atoms with E-state index in [0.717, 1.165) is 11.1 Å². The fourth-order valence-electron chi connectivity index (χ4n) is 1.07. The van der Waals surface area contributed by atoms with Gasteiger partial charge in [-0.1, -0.05) is 0 Å². The Morgan fingerprint density at radius 2 is 1.92 bits per heavy atom. The van der Waals surface area contributed by atoms with Crippen LogP contribution in [0.3, 0.4) is 0 Å². The first kappa shape index (κ1) is 9.34. The molecule has 0 saturated heterocycles. The zero-order valence-electron chi connectivity index (χ0n) is 7.09. The average Bonchev–Trinajstić information content (AvgIpc) is 2.00. The van der Waals surface area contributed by atoms with Crippen molar-refractivity contribution >= 4 is 27.2 Å². The van der Waals surface area contributed by atoms with Crippen LogP contribution in [0, 0.1) is 13.8 Å². The number of carboxylic acids is 1. The summed E-state index contributed by atoms with van der Waals surface area (Å²) in [4.78, 5) is 10.7. The molecule has 12 heavy (non-hydrogen) atoms. The number of aromatic carboxylic acids is 1. The van der Waals surface area contributed by atoms with Gasteiger partial charge in [0.25, 0.3) is 0 Å². The van der Waals surface area contributed by atoms with E-state index in [2.05, 4.69) is 0 Å². The van der Waals surface area contributed by atoms with Gasteiger partial charge in [-0.3, -0.25) is 0 Å². The molecule has 0 fully saturated rings. The predicted molar refractivity (Wildman–Crippen MR) is 51.1 cm³/mol. The second-order valence-electron chi connectivity index (χ2n) is 2.76. The van der Waals surface area contributed by atoms with Gasteiger partial charge >= 0.3 is 79.7 Å². The van der Waals surface area contributed by atoms with Crippen molar-refractivity contribution in [3.8, 4) is 0 Å². The Hall–Kier alpha value is -0.752. The molecular formula is C9H11AsO2. The molecule has 0 aliphatic carbocycles. The summed E-state index contributed by atoms with van der Waals surface area (Å²) in [6.45, 7) is 3.81. The molecule has 1 unspecified atom stereocenters. The first-order valence-corrected chi connectivity index (χ1v) is 4.84. The van der Waals surface area contributed by atoms with Crippen LogP contribution in [-0.2, 0) is 0 Å². The van der Waals surface area contributed by atoms with E-state index in [9.17, 15) is 4.79 Å². The van der Waals surface area contributed by atoms with Crippen molar-refractivity contribution in [2.45, 2.75) is 13.8 Å². The fraction of sp³-hybridized carbons (Fsp3) is 0.222. The van der Waals surface area contributed by atoms with E-state index in [1.807, 2.05) is 19.9 Å². The molecule has 0 heterocycles. The van der Waals surface area contributed by atoms with Gasteiger partial charge in [-0.2, -0.15) is 0 Å². The molecule has 64 valence electrons. The van der Waals surface area contributed by atoms with E-state index >= 15 is 0 Å². The van der Waals surface area contributed by atoms with Gasteiger partial charge in [-0.05, 0) is 0 Å². The van der Waals surface area contributed by atoms with Gasteiger partial charge in [0.05, 0.1) is 0 Å². The van der Waals surface area contributed by atoms with Gasteiger partial charge in [0.2, 0.25) is 0 Å². The second-order valence-corrected chi connectivity index (χ2v) is 4.06. The van der Waals surface area contributed by atoms with Crippen LogP contribution in [0.1, 0.15) is 21.5 Å². The van der Waals surface area contributed by atoms with Crippen LogP contribution < -0.4 is 4.35 Å². The van der Waals surface area contributed by atoms with Crippen LogP contribution in [0.2, 0.25) is 0 Å². The molecule has 2 nitrogen and oxygen atoms in total. The van der Waals surface area contributed by atoms with E-state index < -0.39 is 5.97 Å². The third-order valence-electron chi connectivity index (χ3n) is 2.06. The fourth-order valence-corrected chi connectivity index (χ4v) is 1.73. The minimum absolute atomic E-state index is 0.411. The summed E-state index contributed by atoms with van der Waals surface area (Å²) in [7, 11) is 0. The van der Waals surface area contributed by atoms with Gasteiger partial charge in [-0.25, -0.2) is 0 Å². The van der Waals surface area contributed by atoms with Crippen LogP contribution in [0.15, 0.2) is 12.1 Å². The first-order valence-electron chi connectivity index (χ1n) is 3.63. The summed E-state index contributed by atoms with van der Waals surface area (Å²) in [5.74, 6) is -0.844. The molecule has 3 heteroatoms. The molecule has 0 saturated carbocycles. The number of hydrogen-bond donors (Lipinski definition) is 1. The molecule has 0 radical (unpaired) electrons. The molecule has 1 aromatic carbocycles. The Morgan fingerprint density at radius 3 is 2.42 bits per heavy atom. The van der Waals surface area contributed by atoms with E-state index in [0.29, 0.717) is 5.56 Å². The first-order chi connectivity index (χ1) is 5.54. The molecule has 0 spiro atoms. The van der Waals surface area contributed by atoms with Gasteiger partial charge in [0.15, 0.2) is 0 Å². The third kappa shape index (κ3) is 1.53. The standard InChI is InChI=1S/C9H11AsO2/c1-5-6(2)8(10)4-3-7(5)9(11)12/h3-4H,10H2,1-2H3,(H,11,12). The Kier molecular flexibility index (Phi) is 2.58. The number of carboxylic acid groups (broad SMARTS) is 1. The molecule has 0 bridgehead atoms. The van der Waals surface area contributed by atoms with Gasteiger partial charge in [0, 0.05) is 0 Å². The molecule has 0 aromatic heterocycles. The summed E-state index contributed by atoms with van der Waals surface area (Å²) in [6, 6.07) is 3.54. The topological polar surface area (TPSA) is 37.3 Å². The van der Waals surface area contributed by atoms with Gasteiger partial charge < -0.3 is 0 Å². The molecule has 1 aromatic rings. The predicted octanol–water partition coefficient (Wildman–Crippen LogP) is 0.260. The van der Waals surface area contributed by atoms with Crippen molar-refractivity contribution < 1.29 is 9.90 Å². The van der Waals surface area contributed by atoms with E-state index in [1.165, 1.54) is 21.2 Å². The zero-order valence-corrected chi connectivity index (χ0v) is 9.51. The van der Waals surface area contributed by atoms with E-state index in [-0.39, 0.29) is 0 Å². The summed E-state index contributed by atoms with van der Waals surface area (Å²) in [5.41, 5.74) is 2.38. The number of carbonyl (C=O) groups is 1. The maximum atomic E-state index is 10.7. The Balaban J connectivity index is 3.36. The zero-order chi connectivity index (χ0) is 9.30. The van der Waals surface area contributed by atoms with Crippen molar-refractivity contribution in [3.05, 3.63) is 28.8 Å². The van der Waals surface area contributed by atoms with Gasteiger partial charge in [0.1, 0.15) is 0 Å². The van der Waals surface area contributed by atoms with Crippen molar-refractivity contribution in [2.75, 3.05) is 0 Å². The SMILES string of the molecule is Cc1c([AsH2])ccc(C(=O)O)c1C. The number of benzene rings is 1. The van der Waals surface area contributed by atoms with Crippen LogP contribution >= 0.6 is 0 Å². The number of hydrogen-bond acceptors (Lipinski definition) is 1. The Bertz CT molecular complexity index is 332. The second kappa shape index (κ2) is 3.32. The van der Waals surface area contributed by atoms with Crippen LogP contribution in [0.4, 0.5) is 0 Å². The number of rotatable bonds is 1. The maximum absolute atomic E-state index is 10.7. The van der Waals surface area contributed by atoms with E-state index in [4.69, 9.17) is 5.11 Å². The van der Waals surface area contributed by atoms with E-state index in [1.54, 1.807) is 6.07 Å². The normalized spacial score (nSPS) is 9.92. The molecule has 1 rings (SSSR count). The summed E-state index contributed by atoms with van der Waals surface area (Å²) in [6.07, 6.45) is 0. The molecule has 1 N–H and O–H groups in total. The molecule has 0 aliphatic rings. The average molecular weight is 226 g/mol. The monoisotopic (exact) mass is 226 g/mol. The third-order valence-corrected chi connectivity index (χ3v) is 3.37. The van der Waals surface area contributed by atoms with Crippen LogP contribution in [0.5, 0.6) is 0 Å². The summed E-state index contributed by atoms with van der Waals surface area (Å²) >= 11 is 1.53. The summed E-state index contributed by atoms with van der Waals surface area (Å²) in [5, 5.41) is 8.79. The van der Waals surface area contributed by atoms with Crippen molar-refractivity contribution in [3.63, 3.8) is 0 Å². The quantitative estimate of drug-likeness (QED) is 0.697. The minimum atomic E-state index is -0.844. The molecular weight excluding hydrogens is 215 g/mol. The van der Waals surface area contributed by atoms with Gasteiger partial charge in [-0.15, -0.1) is 0 Å². The van der Waals surface area contributed by atoms with Crippen LogP contribution in [-0.4, -0.2) is 27.9 Å². The van der Waals surface area contributed by atoms with Crippen molar-refractivity contribution in [1.29, 1.82) is 0 Å². The molecule has 1 atom stereocenters. The molecule has 0 aliphatic heterocycles. The van der Waals surface area contributed by atoms with Crippen LogP contribution in [0.25, 0.3) is 0 Å². The van der Waals surface area contributed by atoms with Crippen molar-refractivity contribution in [2.24, 2.45) is 0 Å². The Morgan fingerprint density at radius 1 is 1.33 bits per heavy atom. The van der Waals surface area contributed by atoms with Crippen molar-refractivity contribution in [1.82, 2.24) is 0 Å². The summed E-state index contributed by atoms with van der Waals surface area (Å²) < 4.78 is 1.20.